The molecule has 1 aliphatic heterocycles. The Kier molecular flexibility index (Phi) is 7.96. The normalized spacial score (nSPS) is 15.5. The molecule has 0 radical (unpaired) electrons. The van der Waals surface area contributed by atoms with Crippen molar-refractivity contribution in [2.75, 3.05) is 7.11 Å². The number of ether oxygens (including phenoxy) is 2. The molecule has 37 heavy (non-hydrogen) atoms. The Morgan fingerprint density at radius 2 is 1.78 bits per heavy atom. The van der Waals surface area contributed by atoms with E-state index < -0.39 is 0 Å². The van der Waals surface area contributed by atoms with Gasteiger partial charge in [-0.1, -0.05) is 48.5 Å². The highest BCUT2D eigenvalue weighted by Crippen LogP contribution is 2.38. The maximum Gasteiger partial charge on any atom is 0.267 e. The molecule has 0 N–H and O–H groups in total. The van der Waals surface area contributed by atoms with Crippen molar-refractivity contribution in [1.82, 2.24) is 4.90 Å². The van der Waals surface area contributed by atoms with E-state index in [1.54, 1.807) is 18.3 Å². The molecule has 186 valence electrons. The van der Waals surface area contributed by atoms with E-state index in [1.807, 2.05) is 91.0 Å². The molecule has 1 saturated heterocycles. The summed E-state index contributed by atoms with van der Waals surface area (Å²) < 4.78 is 18.1. The van der Waals surface area contributed by atoms with E-state index in [0.29, 0.717) is 40.5 Å². The summed E-state index contributed by atoms with van der Waals surface area (Å²) in [5.74, 6) is 1.84. The Labute approximate surface area is 233 Å². The fourth-order valence-corrected chi connectivity index (χ4v) is 5.53. The number of rotatable bonds is 8. The number of para-hydroxylation sites is 1. The second-order valence-corrected chi connectivity index (χ2v) is 10.3. The molecular weight excluding hydrogens is 599 g/mol. The average Bonchev–Trinajstić information content (AvgIpc) is 3.53. The second kappa shape index (κ2) is 11.7. The Bertz CT molecular complexity index is 1440. The van der Waals surface area contributed by atoms with Crippen LogP contribution in [0.1, 0.15) is 16.9 Å². The molecule has 0 spiro atoms. The van der Waals surface area contributed by atoms with Crippen LogP contribution in [-0.2, 0) is 17.9 Å². The Balaban J connectivity index is 1.43. The topological polar surface area (TPSA) is 64.3 Å². The minimum absolute atomic E-state index is 0.130. The monoisotopic (exact) mass is 622 g/mol. The fourth-order valence-electron chi connectivity index (χ4n) is 3.75. The molecule has 0 bridgehead atoms. The number of aliphatic imine (C=N–C) groups is 1. The van der Waals surface area contributed by atoms with Crippen LogP contribution >= 0.6 is 34.4 Å². The number of carbonyl (C=O) groups excluding carboxylic acids is 1. The van der Waals surface area contributed by atoms with Crippen LogP contribution in [0.4, 0.5) is 5.69 Å². The quantitative estimate of drug-likeness (QED) is 0.153. The van der Waals surface area contributed by atoms with Crippen LogP contribution in [0, 0.1) is 3.57 Å². The lowest BCUT2D eigenvalue weighted by Gasteiger charge is -2.14. The Hall–Kier alpha value is -3.50. The fraction of sp³-hybridized carbons (Fsp3) is 0.103. The van der Waals surface area contributed by atoms with Crippen molar-refractivity contribution >= 4 is 57.2 Å². The molecule has 4 aromatic rings. The van der Waals surface area contributed by atoms with Crippen LogP contribution in [-0.4, -0.2) is 23.1 Å². The number of methoxy groups -OCH3 is 1. The number of hydrogen-bond acceptors (Lipinski definition) is 6. The Morgan fingerprint density at radius 1 is 1.03 bits per heavy atom. The lowest BCUT2D eigenvalue weighted by Crippen LogP contribution is -2.28. The summed E-state index contributed by atoms with van der Waals surface area (Å²) in [6.45, 7) is 0.734. The summed E-state index contributed by atoms with van der Waals surface area (Å²) in [6.07, 6.45) is 3.46. The third-order valence-corrected chi connectivity index (χ3v) is 7.35. The van der Waals surface area contributed by atoms with Gasteiger partial charge in [-0.05, 0) is 88.0 Å². The predicted molar refractivity (Wildman–Crippen MR) is 155 cm³/mol. The highest BCUT2D eigenvalue weighted by atomic mass is 127. The molecule has 2 heterocycles. The zero-order chi connectivity index (χ0) is 25.6. The molecule has 0 unspecified atom stereocenters. The summed E-state index contributed by atoms with van der Waals surface area (Å²) in [4.78, 5) is 20.4. The van der Waals surface area contributed by atoms with Gasteiger partial charge in [-0.15, -0.1) is 0 Å². The van der Waals surface area contributed by atoms with E-state index in [1.165, 1.54) is 11.8 Å². The summed E-state index contributed by atoms with van der Waals surface area (Å²) in [6, 6.07) is 27.1. The van der Waals surface area contributed by atoms with Crippen LogP contribution in [0.2, 0.25) is 0 Å². The number of benzene rings is 3. The molecule has 0 atom stereocenters. The van der Waals surface area contributed by atoms with Crippen molar-refractivity contribution in [3.05, 3.63) is 117 Å². The van der Waals surface area contributed by atoms with Crippen molar-refractivity contribution in [2.24, 2.45) is 4.99 Å². The molecule has 6 nitrogen and oxygen atoms in total. The van der Waals surface area contributed by atoms with E-state index in [0.717, 1.165) is 20.4 Å². The molecule has 8 heteroatoms. The molecule has 0 saturated carbocycles. The van der Waals surface area contributed by atoms with Gasteiger partial charge in [0, 0.05) is 0 Å². The van der Waals surface area contributed by atoms with Gasteiger partial charge in [0.25, 0.3) is 5.91 Å². The summed E-state index contributed by atoms with van der Waals surface area (Å²) in [7, 11) is 1.61. The van der Waals surface area contributed by atoms with Gasteiger partial charge < -0.3 is 13.9 Å². The third kappa shape index (κ3) is 6.08. The van der Waals surface area contributed by atoms with E-state index in [-0.39, 0.29) is 5.91 Å². The molecular formula is C29H23IN2O4S. The lowest BCUT2D eigenvalue weighted by atomic mass is 10.1. The first-order chi connectivity index (χ1) is 18.1. The second-order valence-electron chi connectivity index (χ2n) is 8.12. The van der Waals surface area contributed by atoms with Gasteiger partial charge in [-0.3, -0.25) is 9.69 Å². The molecule has 3 aromatic carbocycles. The highest BCUT2D eigenvalue weighted by molar-refractivity contribution is 14.1. The molecule has 1 fully saturated rings. The van der Waals surface area contributed by atoms with E-state index in [4.69, 9.17) is 18.9 Å². The zero-order valence-corrected chi connectivity index (χ0v) is 22.9. The number of hydrogen-bond donors (Lipinski definition) is 0. The summed E-state index contributed by atoms with van der Waals surface area (Å²) in [5, 5.41) is 0.600. The molecule has 5 rings (SSSR count). The number of amidine groups is 1. The van der Waals surface area contributed by atoms with E-state index in [2.05, 4.69) is 22.6 Å². The van der Waals surface area contributed by atoms with Crippen molar-refractivity contribution in [3.8, 4) is 11.5 Å². The van der Waals surface area contributed by atoms with Gasteiger partial charge in [0.15, 0.2) is 16.7 Å². The van der Waals surface area contributed by atoms with Crippen molar-refractivity contribution in [3.63, 3.8) is 0 Å². The molecule has 1 amide bonds. The van der Waals surface area contributed by atoms with E-state index in [9.17, 15) is 4.79 Å². The van der Waals surface area contributed by atoms with Crippen LogP contribution in [0.3, 0.4) is 0 Å². The minimum Gasteiger partial charge on any atom is -0.493 e. The standard InChI is InChI=1S/C29H23IN2O4S/c1-34-25-16-21(15-24(30)27(25)36-19-20-9-4-2-5-10-20)17-26-28(33)32(18-23-13-8-14-35-23)29(37-26)31-22-11-6-3-7-12-22/h2-17H,18-19H2,1H3/b26-17-,31-29?. The summed E-state index contributed by atoms with van der Waals surface area (Å²) >= 11 is 3.58. The number of nitrogens with zero attached hydrogens (tertiary/aromatic N) is 2. The van der Waals surface area contributed by atoms with Crippen LogP contribution in [0.15, 0.2) is 106 Å². The summed E-state index contributed by atoms with van der Waals surface area (Å²) in [5.41, 5.74) is 2.68. The first kappa shape index (κ1) is 25.2. The van der Waals surface area contributed by atoms with Crippen LogP contribution < -0.4 is 9.47 Å². The van der Waals surface area contributed by atoms with Gasteiger partial charge >= 0.3 is 0 Å². The Morgan fingerprint density at radius 3 is 2.49 bits per heavy atom. The maximum atomic E-state index is 13.5. The number of amides is 1. The average molecular weight is 622 g/mol. The number of carbonyl (C=O) groups is 1. The first-order valence-corrected chi connectivity index (χ1v) is 13.4. The third-order valence-electron chi connectivity index (χ3n) is 5.54. The van der Waals surface area contributed by atoms with Gasteiger partial charge in [-0.25, -0.2) is 4.99 Å². The van der Waals surface area contributed by atoms with Crippen molar-refractivity contribution in [1.29, 1.82) is 0 Å². The van der Waals surface area contributed by atoms with Crippen molar-refractivity contribution < 1.29 is 18.7 Å². The number of thioether (sulfide) groups is 1. The smallest absolute Gasteiger partial charge is 0.267 e. The SMILES string of the molecule is COc1cc(/C=C2\SC(=Nc3ccccc3)N(Cc3ccco3)C2=O)cc(I)c1OCc1ccccc1. The first-order valence-electron chi connectivity index (χ1n) is 11.5. The lowest BCUT2D eigenvalue weighted by molar-refractivity contribution is -0.122. The van der Waals surface area contributed by atoms with Gasteiger partial charge in [0.2, 0.25) is 0 Å². The predicted octanol–water partition coefficient (Wildman–Crippen LogP) is 7.28. The van der Waals surface area contributed by atoms with Gasteiger partial charge in [0.1, 0.15) is 12.4 Å². The van der Waals surface area contributed by atoms with Crippen LogP contribution in [0.5, 0.6) is 11.5 Å². The van der Waals surface area contributed by atoms with E-state index >= 15 is 0 Å². The largest absolute Gasteiger partial charge is 0.493 e. The molecule has 1 aliphatic rings. The highest BCUT2D eigenvalue weighted by Gasteiger charge is 2.34. The van der Waals surface area contributed by atoms with Crippen molar-refractivity contribution in [2.45, 2.75) is 13.2 Å². The zero-order valence-electron chi connectivity index (χ0n) is 20.0. The molecule has 0 aliphatic carbocycles. The minimum atomic E-state index is -0.130. The molecule has 1 aromatic heterocycles. The van der Waals surface area contributed by atoms with Gasteiger partial charge in [0.05, 0.1) is 34.1 Å². The van der Waals surface area contributed by atoms with Gasteiger partial charge in [-0.2, -0.15) is 0 Å². The number of furan rings is 1. The number of halogens is 1. The maximum absolute atomic E-state index is 13.5. The van der Waals surface area contributed by atoms with Crippen LogP contribution in [0.25, 0.3) is 6.08 Å².